The lowest BCUT2D eigenvalue weighted by molar-refractivity contribution is 0.485. The summed E-state index contributed by atoms with van der Waals surface area (Å²) >= 11 is 0. The van der Waals surface area contributed by atoms with Gasteiger partial charge in [0.15, 0.2) is 0 Å². The molecule has 0 fully saturated rings. The van der Waals surface area contributed by atoms with Crippen LogP contribution in [0.5, 0.6) is 0 Å². The van der Waals surface area contributed by atoms with Crippen molar-refractivity contribution >= 4 is 0 Å². The van der Waals surface area contributed by atoms with E-state index < -0.39 is 0 Å². The molecule has 0 aromatic heterocycles. The van der Waals surface area contributed by atoms with Crippen molar-refractivity contribution in [1.82, 2.24) is 0 Å². The molecule has 0 aliphatic rings. The third-order valence-corrected chi connectivity index (χ3v) is 1.98. The summed E-state index contributed by atoms with van der Waals surface area (Å²) in [5.41, 5.74) is 6.40. The fourth-order valence-electron chi connectivity index (χ4n) is 1.10. The molecule has 0 radical (unpaired) electrons. The lowest BCUT2D eigenvalue weighted by Gasteiger charge is -2.16. The van der Waals surface area contributed by atoms with Crippen molar-refractivity contribution in [2.45, 2.75) is 19.9 Å². The standard InChI is InChI=1S/C10H14FN/c1-7(2)10(12)8-5-3-4-6-9(8)11/h3-7,10H,12H2,1-2H3/t10-/m1/s1. The van der Waals surface area contributed by atoms with Crippen molar-refractivity contribution in [3.8, 4) is 0 Å². The molecule has 0 saturated carbocycles. The number of hydrogen-bond acceptors (Lipinski definition) is 1. The van der Waals surface area contributed by atoms with Crippen molar-refractivity contribution in [3.05, 3.63) is 35.6 Å². The molecule has 66 valence electrons. The summed E-state index contributed by atoms with van der Waals surface area (Å²) in [7, 11) is 0. The zero-order chi connectivity index (χ0) is 9.14. The molecule has 1 aromatic carbocycles. The number of nitrogens with two attached hydrogens (primary N) is 1. The summed E-state index contributed by atoms with van der Waals surface area (Å²) in [6.07, 6.45) is 0. The highest BCUT2D eigenvalue weighted by atomic mass is 19.1. The van der Waals surface area contributed by atoms with Gasteiger partial charge in [0.2, 0.25) is 0 Å². The lowest BCUT2D eigenvalue weighted by atomic mass is 9.97. The van der Waals surface area contributed by atoms with Crippen molar-refractivity contribution in [3.63, 3.8) is 0 Å². The normalized spacial score (nSPS) is 13.4. The van der Waals surface area contributed by atoms with Crippen LogP contribution in [0.15, 0.2) is 24.3 Å². The van der Waals surface area contributed by atoms with E-state index in [1.54, 1.807) is 18.2 Å². The molecule has 0 aliphatic carbocycles. The van der Waals surface area contributed by atoms with Crippen LogP contribution in [-0.4, -0.2) is 0 Å². The monoisotopic (exact) mass is 167 g/mol. The molecule has 0 bridgehead atoms. The van der Waals surface area contributed by atoms with Gasteiger partial charge in [0.05, 0.1) is 0 Å². The second kappa shape index (κ2) is 3.68. The predicted octanol–water partition coefficient (Wildman–Crippen LogP) is 2.48. The minimum Gasteiger partial charge on any atom is -0.324 e. The molecule has 2 N–H and O–H groups in total. The molecule has 1 nitrogen and oxygen atoms in total. The number of rotatable bonds is 2. The van der Waals surface area contributed by atoms with Crippen molar-refractivity contribution in [2.75, 3.05) is 0 Å². The SMILES string of the molecule is CC(C)[C@@H](N)c1ccccc1F. The maximum Gasteiger partial charge on any atom is 0.127 e. The van der Waals surface area contributed by atoms with Crippen molar-refractivity contribution < 1.29 is 4.39 Å². The summed E-state index contributed by atoms with van der Waals surface area (Å²) in [5.74, 6) is 0.0561. The zero-order valence-electron chi connectivity index (χ0n) is 7.42. The smallest absolute Gasteiger partial charge is 0.127 e. The van der Waals surface area contributed by atoms with E-state index in [4.69, 9.17) is 5.73 Å². The Morgan fingerprint density at radius 2 is 1.83 bits per heavy atom. The van der Waals surface area contributed by atoms with Crippen LogP contribution in [0.1, 0.15) is 25.5 Å². The molecule has 0 heterocycles. The van der Waals surface area contributed by atoms with Gasteiger partial charge in [-0.2, -0.15) is 0 Å². The fraction of sp³-hybridized carbons (Fsp3) is 0.400. The minimum absolute atomic E-state index is 0.203. The van der Waals surface area contributed by atoms with Crippen LogP contribution in [0.3, 0.4) is 0 Å². The van der Waals surface area contributed by atoms with Gasteiger partial charge in [-0.25, -0.2) is 4.39 Å². The lowest BCUT2D eigenvalue weighted by Crippen LogP contribution is -2.17. The molecule has 1 aromatic rings. The largest absolute Gasteiger partial charge is 0.324 e. The molecule has 1 atom stereocenters. The van der Waals surface area contributed by atoms with Crippen LogP contribution in [0, 0.1) is 11.7 Å². The van der Waals surface area contributed by atoms with E-state index in [2.05, 4.69) is 0 Å². The maximum absolute atomic E-state index is 13.1. The Kier molecular flexibility index (Phi) is 2.82. The van der Waals surface area contributed by atoms with Gasteiger partial charge in [0.1, 0.15) is 5.82 Å². The van der Waals surface area contributed by atoms with Crippen LogP contribution in [0.25, 0.3) is 0 Å². The molecule has 0 amide bonds. The second-order valence-corrected chi connectivity index (χ2v) is 3.29. The summed E-state index contributed by atoms with van der Waals surface area (Å²) < 4.78 is 13.1. The van der Waals surface area contributed by atoms with Gasteiger partial charge in [-0.3, -0.25) is 0 Å². The first kappa shape index (κ1) is 9.20. The van der Waals surface area contributed by atoms with E-state index in [0.29, 0.717) is 5.56 Å². The zero-order valence-corrected chi connectivity index (χ0v) is 7.42. The van der Waals surface area contributed by atoms with Gasteiger partial charge in [0, 0.05) is 11.6 Å². The molecule has 2 heteroatoms. The Labute approximate surface area is 72.4 Å². The molecular weight excluding hydrogens is 153 g/mol. The van der Waals surface area contributed by atoms with Crippen LogP contribution in [0.2, 0.25) is 0 Å². The van der Waals surface area contributed by atoms with Gasteiger partial charge in [-0.15, -0.1) is 0 Å². The third kappa shape index (κ3) is 1.83. The first-order valence-electron chi connectivity index (χ1n) is 4.13. The average Bonchev–Trinajstić information content (AvgIpc) is 2.04. The van der Waals surface area contributed by atoms with Crippen LogP contribution in [0.4, 0.5) is 4.39 Å². The summed E-state index contributed by atoms with van der Waals surface area (Å²) in [5, 5.41) is 0. The van der Waals surface area contributed by atoms with E-state index in [-0.39, 0.29) is 17.8 Å². The van der Waals surface area contributed by atoms with Crippen molar-refractivity contribution in [2.24, 2.45) is 11.7 Å². The fourth-order valence-corrected chi connectivity index (χ4v) is 1.10. The molecule has 12 heavy (non-hydrogen) atoms. The molecular formula is C10H14FN. The molecule has 0 saturated heterocycles. The highest BCUT2D eigenvalue weighted by Crippen LogP contribution is 2.20. The van der Waals surface area contributed by atoms with Gasteiger partial charge in [-0.1, -0.05) is 32.0 Å². The predicted molar refractivity (Wildman–Crippen MR) is 48.2 cm³/mol. The molecule has 0 unspecified atom stereocenters. The van der Waals surface area contributed by atoms with Gasteiger partial charge >= 0.3 is 0 Å². The van der Waals surface area contributed by atoms with E-state index in [1.165, 1.54) is 6.07 Å². The minimum atomic E-state index is -0.210. The van der Waals surface area contributed by atoms with E-state index in [9.17, 15) is 4.39 Å². The summed E-state index contributed by atoms with van der Waals surface area (Å²) in [6.45, 7) is 3.97. The Hall–Kier alpha value is -0.890. The van der Waals surface area contributed by atoms with Gasteiger partial charge in [-0.05, 0) is 12.0 Å². The number of halogens is 1. The van der Waals surface area contributed by atoms with Crippen LogP contribution in [-0.2, 0) is 0 Å². The molecule has 0 aliphatic heterocycles. The second-order valence-electron chi connectivity index (χ2n) is 3.29. The van der Waals surface area contributed by atoms with Gasteiger partial charge in [0.25, 0.3) is 0 Å². The Bertz CT molecular complexity index is 258. The summed E-state index contributed by atoms with van der Waals surface area (Å²) in [6, 6.07) is 6.45. The quantitative estimate of drug-likeness (QED) is 0.719. The third-order valence-electron chi connectivity index (χ3n) is 1.98. The Morgan fingerprint density at radius 1 is 1.25 bits per heavy atom. The highest BCUT2D eigenvalue weighted by molar-refractivity contribution is 5.21. The van der Waals surface area contributed by atoms with Crippen LogP contribution >= 0.6 is 0 Å². The number of hydrogen-bond donors (Lipinski definition) is 1. The topological polar surface area (TPSA) is 26.0 Å². The van der Waals surface area contributed by atoms with Crippen molar-refractivity contribution in [1.29, 1.82) is 0 Å². The highest BCUT2D eigenvalue weighted by Gasteiger charge is 2.13. The molecule has 1 rings (SSSR count). The summed E-state index contributed by atoms with van der Waals surface area (Å²) in [4.78, 5) is 0. The number of benzene rings is 1. The first-order chi connectivity index (χ1) is 5.63. The van der Waals surface area contributed by atoms with Crippen LogP contribution < -0.4 is 5.73 Å². The molecule has 0 spiro atoms. The Morgan fingerprint density at radius 3 is 2.33 bits per heavy atom. The van der Waals surface area contributed by atoms with E-state index >= 15 is 0 Å². The van der Waals surface area contributed by atoms with Gasteiger partial charge < -0.3 is 5.73 Å². The van der Waals surface area contributed by atoms with E-state index in [1.807, 2.05) is 13.8 Å². The average molecular weight is 167 g/mol. The Balaban J connectivity index is 2.94. The first-order valence-corrected chi connectivity index (χ1v) is 4.13. The maximum atomic E-state index is 13.1. The van der Waals surface area contributed by atoms with E-state index in [0.717, 1.165) is 0 Å².